The fraction of sp³-hybridized carbons (Fsp3) is 0.273. The number of rotatable bonds is 4. The van der Waals surface area contributed by atoms with Crippen LogP contribution in [0.25, 0.3) is 6.08 Å². The lowest BCUT2D eigenvalue weighted by Crippen LogP contribution is -2.16. The summed E-state index contributed by atoms with van der Waals surface area (Å²) in [5, 5.41) is 0. The molecule has 16 heavy (non-hydrogen) atoms. The van der Waals surface area contributed by atoms with E-state index in [2.05, 4.69) is 17.4 Å². The van der Waals surface area contributed by atoms with E-state index in [1.165, 1.54) is 12.1 Å². The van der Waals surface area contributed by atoms with E-state index in [0.29, 0.717) is 0 Å². The molecular weight excluding hydrogens is 237 g/mol. The van der Waals surface area contributed by atoms with E-state index in [-0.39, 0.29) is 5.75 Å². The van der Waals surface area contributed by atoms with Crippen LogP contribution in [0.4, 0.5) is 13.2 Å². The zero-order valence-electron chi connectivity index (χ0n) is 8.37. The average Bonchev–Trinajstić information content (AvgIpc) is 2.19. The first-order valence-electron chi connectivity index (χ1n) is 4.64. The van der Waals surface area contributed by atoms with E-state index in [9.17, 15) is 13.2 Å². The van der Waals surface area contributed by atoms with Gasteiger partial charge in [-0.05, 0) is 29.9 Å². The topological polar surface area (TPSA) is 9.23 Å². The van der Waals surface area contributed by atoms with Crippen molar-refractivity contribution in [3.05, 3.63) is 35.9 Å². The summed E-state index contributed by atoms with van der Waals surface area (Å²) in [4.78, 5) is 0. The van der Waals surface area contributed by atoms with Crippen LogP contribution in [0.3, 0.4) is 0 Å². The fourth-order valence-electron chi connectivity index (χ4n) is 1.07. The minimum Gasteiger partial charge on any atom is -0.406 e. The maximum atomic E-state index is 11.8. The number of ether oxygens (including phenoxy) is 1. The second-order valence-corrected chi connectivity index (χ2v) is 3.48. The van der Waals surface area contributed by atoms with E-state index in [0.717, 1.165) is 17.7 Å². The summed E-state index contributed by atoms with van der Waals surface area (Å²) < 4.78 is 39.3. The van der Waals surface area contributed by atoms with Crippen LogP contribution in [0.2, 0.25) is 0 Å². The molecule has 0 aliphatic heterocycles. The van der Waals surface area contributed by atoms with Crippen LogP contribution in [0.5, 0.6) is 5.75 Å². The van der Waals surface area contributed by atoms with Crippen LogP contribution < -0.4 is 4.74 Å². The molecule has 0 spiro atoms. The Morgan fingerprint density at radius 2 is 1.81 bits per heavy atom. The molecule has 0 saturated carbocycles. The van der Waals surface area contributed by atoms with Crippen LogP contribution in [0, 0.1) is 0 Å². The predicted molar refractivity (Wildman–Crippen MR) is 60.6 cm³/mol. The van der Waals surface area contributed by atoms with Crippen LogP contribution in [-0.2, 0) is 0 Å². The van der Waals surface area contributed by atoms with Crippen molar-refractivity contribution in [3.63, 3.8) is 0 Å². The molecule has 0 saturated heterocycles. The molecule has 5 heteroatoms. The van der Waals surface area contributed by atoms with Gasteiger partial charge < -0.3 is 4.74 Å². The highest BCUT2D eigenvalue weighted by molar-refractivity contribution is 7.80. The molecule has 1 rings (SSSR count). The first-order valence-corrected chi connectivity index (χ1v) is 5.28. The van der Waals surface area contributed by atoms with E-state index in [1.54, 1.807) is 12.1 Å². The second kappa shape index (κ2) is 5.84. The highest BCUT2D eigenvalue weighted by atomic mass is 32.1. The van der Waals surface area contributed by atoms with Crippen molar-refractivity contribution in [1.82, 2.24) is 0 Å². The summed E-state index contributed by atoms with van der Waals surface area (Å²) in [5.41, 5.74) is 0.830. The molecule has 0 atom stereocenters. The van der Waals surface area contributed by atoms with Crippen LogP contribution in [0.15, 0.2) is 30.3 Å². The van der Waals surface area contributed by atoms with E-state index >= 15 is 0 Å². The molecule has 0 amide bonds. The fourth-order valence-corrected chi connectivity index (χ4v) is 1.22. The van der Waals surface area contributed by atoms with Crippen LogP contribution >= 0.6 is 12.6 Å². The molecule has 0 N–H and O–H groups in total. The summed E-state index contributed by atoms with van der Waals surface area (Å²) in [6.45, 7) is 0. The Balaban J connectivity index is 2.61. The van der Waals surface area contributed by atoms with Gasteiger partial charge in [0.05, 0.1) is 0 Å². The van der Waals surface area contributed by atoms with Gasteiger partial charge >= 0.3 is 6.36 Å². The van der Waals surface area contributed by atoms with Gasteiger partial charge in [0.2, 0.25) is 0 Å². The van der Waals surface area contributed by atoms with Gasteiger partial charge in [-0.15, -0.1) is 13.2 Å². The van der Waals surface area contributed by atoms with Gasteiger partial charge in [-0.3, -0.25) is 0 Å². The number of alkyl halides is 3. The number of allylic oxidation sites excluding steroid dienone is 1. The van der Waals surface area contributed by atoms with E-state index < -0.39 is 6.36 Å². The molecule has 0 aromatic heterocycles. The Hall–Kier alpha value is -1.10. The Morgan fingerprint density at radius 3 is 2.31 bits per heavy atom. The number of hydrogen-bond acceptors (Lipinski definition) is 2. The van der Waals surface area contributed by atoms with Gasteiger partial charge in [0.1, 0.15) is 5.75 Å². The molecule has 0 radical (unpaired) electrons. The van der Waals surface area contributed by atoms with Crippen molar-refractivity contribution >= 4 is 18.7 Å². The lowest BCUT2D eigenvalue weighted by molar-refractivity contribution is -0.274. The molecule has 0 unspecified atom stereocenters. The molecule has 0 aliphatic rings. The van der Waals surface area contributed by atoms with E-state index in [1.807, 2.05) is 12.2 Å². The summed E-state index contributed by atoms with van der Waals surface area (Å²) in [6.07, 6.45) is -0.0759. The number of thiol groups is 1. The van der Waals surface area contributed by atoms with Crippen molar-refractivity contribution in [2.75, 3.05) is 5.75 Å². The molecule has 88 valence electrons. The Bertz CT molecular complexity index is 343. The SMILES string of the molecule is FC(F)(F)Oc1ccc(C=CCCS)cc1. The van der Waals surface area contributed by atoms with Gasteiger partial charge in [-0.25, -0.2) is 0 Å². The number of hydrogen-bond donors (Lipinski definition) is 1. The highest BCUT2D eigenvalue weighted by Gasteiger charge is 2.30. The van der Waals surface area contributed by atoms with Crippen molar-refractivity contribution in [2.45, 2.75) is 12.8 Å². The molecule has 0 heterocycles. The minimum absolute atomic E-state index is 0.209. The molecule has 1 aromatic rings. The monoisotopic (exact) mass is 248 g/mol. The summed E-state index contributed by atoms with van der Waals surface area (Å²) in [6, 6.07) is 5.70. The lowest BCUT2D eigenvalue weighted by Gasteiger charge is -2.08. The third kappa shape index (κ3) is 5.11. The molecule has 1 aromatic carbocycles. The third-order valence-corrected chi connectivity index (χ3v) is 1.98. The maximum absolute atomic E-state index is 11.8. The Morgan fingerprint density at radius 1 is 1.19 bits per heavy atom. The molecule has 1 nitrogen and oxygen atoms in total. The number of benzene rings is 1. The normalized spacial score (nSPS) is 12.0. The highest BCUT2D eigenvalue weighted by Crippen LogP contribution is 2.22. The zero-order valence-corrected chi connectivity index (χ0v) is 9.26. The van der Waals surface area contributed by atoms with Gasteiger partial charge in [0.15, 0.2) is 0 Å². The third-order valence-electron chi connectivity index (χ3n) is 1.72. The lowest BCUT2D eigenvalue weighted by atomic mass is 10.2. The Kier molecular flexibility index (Phi) is 4.73. The predicted octanol–water partition coefficient (Wildman–Crippen LogP) is 3.92. The summed E-state index contributed by atoms with van der Waals surface area (Å²) in [5.74, 6) is 0.532. The molecule has 0 bridgehead atoms. The van der Waals surface area contributed by atoms with Crippen molar-refractivity contribution in [3.8, 4) is 5.75 Å². The summed E-state index contributed by atoms with van der Waals surface area (Å²) in [7, 11) is 0. The van der Waals surface area contributed by atoms with Gasteiger partial charge in [-0.2, -0.15) is 12.6 Å². The second-order valence-electron chi connectivity index (χ2n) is 3.03. The Labute approximate surface area is 97.3 Å². The van der Waals surface area contributed by atoms with Gasteiger partial charge in [-0.1, -0.05) is 24.3 Å². The largest absolute Gasteiger partial charge is 0.573 e. The quantitative estimate of drug-likeness (QED) is 0.794. The van der Waals surface area contributed by atoms with Crippen molar-refractivity contribution in [2.24, 2.45) is 0 Å². The van der Waals surface area contributed by atoms with Gasteiger partial charge in [0, 0.05) is 0 Å². The van der Waals surface area contributed by atoms with Crippen molar-refractivity contribution < 1.29 is 17.9 Å². The minimum atomic E-state index is -4.64. The number of halogens is 3. The van der Waals surface area contributed by atoms with Crippen LogP contribution in [0.1, 0.15) is 12.0 Å². The smallest absolute Gasteiger partial charge is 0.406 e. The molecule has 0 aliphatic carbocycles. The summed E-state index contributed by atoms with van der Waals surface area (Å²) >= 11 is 4.03. The zero-order chi connectivity index (χ0) is 12.0. The van der Waals surface area contributed by atoms with E-state index in [4.69, 9.17) is 0 Å². The first kappa shape index (κ1) is 13.0. The van der Waals surface area contributed by atoms with Crippen molar-refractivity contribution in [1.29, 1.82) is 0 Å². The maximum Gasteiger partial charge on any atom is 0.573 e. The average molecular weight is 248 g/mol. The first-order chi connectivity index (χ1) is 7.51. The standard InChI is InChI=1S/C11H11F3OS/c12-11(13,14)15-10-6-4-9(5-7-10)3-1-2-8-16/h1,3-7,16H,2,8H2. The van der Waals surface area contributed by atoms with Crippen LogP contribution in [-0.4, -0.2) is 12.1 Å². The van der Waals surface area contributed by atoms with Gasteiger partial charge in [0.25, 0.3) is 0 Å². The molecule has 0 fully saturated rings. The molecular formula is C11H11F3OS.